The molecule has 0 heterocycles. The van der Waals surface area contributed by atoms with Crippen LogP contribution in [0.2, 0.25) is 0 Å². The molecular weight excluding hydrogens is 288 g/mol. The first-order valence-corrected chi connectivity index (χ1v) is 7.78. The number of nitrogens with one attached hydrogen (secondary N) is 1. The van der Waals surface area contributed by atoms with E-state index >= 15 is 0 Å². The molecular formula is C19H24N2O2. The molecule has 0 aliphatic carbocycles. The van der Waals surface area contributed by atoms with Gasteiger partial charge in [-0.05, 0) is 44.2 Å². The highest BCUT2D eigenvalue weighted by atomic mass is 16.5. The molecule has 0 spiro atoms. The first kappa shape index (κ1) is 17.0. The lowest BCUT2D eigenvalue weighted by Crippen LogP contribution is -2.33. The van der Waals surface area contributed by atoms with Gasteiger partial charge in [0.2, 0.25) is 5.91 Å². The van der Waals surface area contributed by atoms with Crippen LogP contribution >= 0.6 is 0 Å². The van der Waals surface area contributed by atoms with Crippen molar-refractivity contribution in [3.63, 3.8) is 0 Å². The summed E-state index contributed by atoms with van der Waals surface area (Å²) < 4.78 is 5.64. The number of rotatable bonds is 7. The Kier molecular flexibility index (Phi) is 6.18. The van der Waals surface area contributed by atoms with Crippen molar-refractivity contribution in [2.45, 2.75) is 13.8 Å². The van der Waals surface area contributed by atoms with Crippen LogP contribution in [0.5, 0.6) is 5.75 Å². The number of carbonyl (C=O) groups excluding carboxylic acids is 1. The van der Waals surface area contributed by atoms with Gasteiger partial charge in [0.15, 0.2) is 0 Å². The summed E-state index contributed by atoms with van der Waals surface area (Å²) in [6, 6.07) is 15.7. The third-order valence-electron chi connectivity index (χ3n) is 3.64. The predicted octanol–water partition coefficient (Wildman–Crippen LogP) is 3.25. The van der Waals surface area contributed by atoms with Gasteiger partial charge in [-0.15, -0.1) is 0 Å². The van der Waals surface area contributed by atoms with Crippen LogP contribution in [-0.2, 0) is 4.79 Å². The maximum absolute atomic E-state index is 12.2. The lowest BCUT2D eigenvalue weighted by molar-refractivity contribution is -0.117. The summed E-state index contributed by atoms with van der Waals surface area (Å²) >= 11 is 0. The van der Waals surface area contributed by atoms with Crippen molar-refractivity contribution in [1.29, 1.82) is 0 Å². The van der Waals surface area contributed by atoms with E-state index in [-0.39, 0.29) is 5.91 Å². The van der Waals surface area contributed by atoms with Gasteiger partial charge in [-0.2, -0.15) is 0 Å². The Labute approximate surface area is 138 Å². The Balaban J connectivity index is 1.76. The molecule has 1 amide bonds. The lowest BCUT2D eigenvalue weighted by Gasteiger charge is -2.18. The van der Waals surface area contributed by atoms with Gasteiger partial charge in [-0.3, -0.25) is 9.69 Å². The quantitative estimate of drug-likeness (QED) is 0.853. The Hall–Kier alpha value is -2.33. The first-order chi connectivity index (χ1) is 11.1. The molecule has 4 nitrogen and oxygen atoms in total. The Morgan fingerprint density at radius 1 is 1.04 bits per heavy atom. The highest BCUT2D eigenvalue weighted by Crippen LogP contribution is 2.19. The number of hydrogen-bond donors (Lipinski definition) is 1. The summed E-state index contributed by atoms with van der Waals surface area (Å²) in [7, 11) is 1.92. The average Bonchev–Trinajstić information content (AvgIpc) is 2.52. The lowest BCUT2D eigenvalue weighted by atomic mass is 10.1. The van der Waals surface area contributed by atoms with Gasteiger partial charge in [0.25, 0.3) is 0 Å². The molecule has 2 rings (SSSR count). The number of carbonyl (C=O) groups is 1. The summed E-state index contributed by atoms with van der Waals surface area (Å²) in [5.74, 6) is 0.838. The second-order valence-electron chi connectivity index (χ2n) is 5.71. The fourth-order valence-electron chi connectivity index (χ4n) is 2.35. The minimum absolute atomic E-state index is 0.00962. The van der Waals surface area contributed by atoms with E-state index < -0.39 is 0 Å². The van der Waals surface area contributed by atoms with Gasteiger partial charge in [0, 0.05) is 12.2 Å². The number of para-hydroxylation sites is 2. The highest BCUT2D eigenvalue weighted by molar-refractivity contribution is 5.93. The van der Waals surface area contributed by atoms with Crippen molar-refractivity contribution in [2.75, 3.05) is 32.1 Å². The maximum atomic E-state index is 12.2. The van der Waals surface area contributed by atoms with Gasteiger partial charge < -0.3 is 10.1 Å². The van der Waals surface area contributed by atoms with Gasteiger partial charge >= 0.3 is 0 Å². The molecule has 2 aromatic rings. The van der Waals surface area contributed by atoms with Crippen LogP contribution in [0.4, 0.5) is 5.69 Å². The first-order valence-electron chi connectivity index (χ1n) is 7.78. The van der Waals surface area contributed by atoms with E-state index in [9.17, 15) is 4.79 Å². The topological polar surface area (TPSA) is 41.6 Å². The van der Waals surface area contributed by atoms with Crippen molar-refractivity contribution < 1.29 is 9.53 Å². The molecule has 0 aromatic heterocycles. The average molecular weight is 312 g/mol. The molecule has 0 bridgehead atoms. The Morgan fingerprint density at radius 2 is 1.70 bits per heavy atom. The number of amides is 1. The molecule has 0 fully saturated rings. The summed E-state index contributed by atoms with van der Waals surface area (Å²) in [5.41, 5.74) is 3.06. The molecule has 0 aliphatic rings. The van der Waals surface area contributed by atoms with E-state index in [2.05, 4.69) is 5.32 Å². The third-order valence-corrected chi connectivity index (χ3v) is 3.64. The second kappa shape index (κ2) is 8.34. The normalized spacial score (nSPS) is 10.6. The van der Waals surface area contributed by atoms with Crippen molar-refractivity contribution in [1.82, 2.24) is 4.90 Å². The summed E-state index contributed by atoms with van der Waals surface area (Å²) in [4.78, 5) is 14.1. The van der Waals surface area contributed by atoms with Crippen molar-refractivity contribution >= 4 is 11.6 Å². The molecule has 0 saturated heterocycles. The van der Waals surface area contributed by atoms with E-state index in [1.54, 1.807) is 0 Å². The molecule has 1 N–H and O–H groups in total. The predicted molar refractivity (Wildman–Crippen MR) is 94.0 cm³/mol. The zero-order valence-electron chi connectivity index (χ0n) is 14.0. The molecule has 4 heteroatoms. The summed E-state index contributed by atoms with van der Waals surface area (Å²) in [5, 5.41) is 3.00. The number of anilines is 1. The van der Waals surface area contributed by atoms with Crippen molar-refractivity contribution in [3.05, 3.63) is 59.7 Å². The van der Waals surface area contributed by atoms with Gasteiger partial charge in [0.1, 0.15) is 12.4 Å². The molecule has 0 saturated carbocycles. The zero-order valence-corrected chi connectivity index (χ0v) is 14.0. The van der Waals surface area contributed by atoms with Crippen LogP contribution in [0.1, 0.15) is 11.1 Å². The largest absolute Gasteiger partial charge is 0.492 e. The number of aryl methyl sites for hydroxylation is 2. The number of ether oxygens (including phenoxy) is 1. The molecule has 0 unspecified atom stereocenters. The standard InChI is InChI=1S/C19H24N2O2/c1-15-8-7-9-16(2)19(15)20-18(22)14-21(3)12-13-23-17-10-5-4-6-11-17/h4-11H,12-14H2,1-3H3,(H,20,22). The smallest absolute Gasteiger partial charge is 0.238 e. The van der Waals surface area contributed by atoms with Gasteiger partial charge in [-0.1, -0.05) is 36.4 Å². The van der Waals surface area contributed by atoms with Crippen molar-refractivity contribution in [3.8, 4) is 5.75 Å². The number of nitrogens with zero attached hydrogens (tertiary/aromatic N) is 1. The number of benzene rings is 2. The van der Waals surface area contributed by atoms with Crippen LogP contribution < -0.4 is 10.1 Å². The molecule has 0 aliphatic heterocycles. The van der Waals surface area contributed by atoms with Crippen molar-refractivity contribution in [2.24, 2.45) is 0 Å². The number of likely N-dealkylation sites (N-methyl/N-ethyl adjacent to an activating group) is 1. The minimum Gasteiger partial charge on any atom is -0.492 e. The van der Waals surface area contributed by atoms with Gasteiger partial charge in [-0.25, -0.2) is 0 Å². The van der Waals surface area contributed by atoms with E-state index in [1.807, 2.05) is 74.3 Å². The molecule has 0 radical (unpaired) electrons. The summed E-state index contributed by atoms with van der Waals surface area (Å²) in [6.07, 6.45) is 0. The number of hydrogen-bond acceptors (Lipinski definition) is 3. The van der Waals surface area contributed by atoms with Gasteiger partial charge in [0.05, 0.1) is 6.54 Å². The molecule has 122 valence electrons. The third kappa shape index (κ3) is 5.42. The van der Waals surface area contributed by atoms with E-state index in [0.717, 1.165) is 22.6 Å². The van der Waals surface area contributed by atoms with E-state index in [4.69, 9.17) is 4.74 Å². The summed E-state index contributed by atoms with van der Waals surface area (Å²) in [6.45, 7) is 5.58. The highest BCUT2D eigenvalue weighted by Gasteiger charge is 2.10. The van der Waals surface area contributed by atoms with Crippen LogP contribution in [0.25, 0.3) is 0 Å². The van der Waals surface area contributed by atoms with Crippen LogP contribution in [0.15, 0.2) is 48.5 Å². The molecule has 0 atom stereocenters. The van der Waals surface area contributed by atoms with Crippen LogP contribution in [0, 0.1) is 13.8 Å². The minimum atomic E-state index is -0.00962. The van der Waals surface area contributed by atoms with E-state index in [0.29, 0.717) is 19.7 Å². The van der Waals surface area contributed by atoms with Crippen LogP contribution in [0.3, 0.4) is 0 Å². The SMILES string of the molecule is Cc1cccc(C)c1NC(=O)CN(C)CCOc1ccccc1. The second-order valence-corrected chi connectivity index (χ2v) is 5.71. The zero-order chi connectivity index (χ0) is 16.7. The Bertz CT molecular complexity index is 621. The molecule has 2 aromatic carbocycles. The Morgan fingerprint density at radius 3 is 2.35 bits per heavy atom. The van der Waals surface area contributed by atoms with E-state index in [1.165, 1.54) is 0 Å². The monoisotopic (exact) mass is 312 g/mol. The van der Waals surface area contributed by atoms with Crippen LogP contribution in [-0.4, -0.2) is 37.6 Å². The maximum Gasteiger partial charge on any atom is 0.238 e. The fraction of sp³-hybridized carbons (Fsp3) is 0.316. The molecule has 23 heavy (non-hydrogen) atoms. The fourth-order valence-corrected chi connectivity index (χ4v) is 2.35.